The molecule has 1 aliphatic heterocycles. The summed E-state index contributed by atoms with van der Waals surface area (Å²) in [5.41, 5.74) is 4.08. The van der Waals surface area contributed by atoms with Gasteiger partial charge in [-0.05, 0) is 62.4 Å². The van der Waals surface area contributed by atoms with Crippen molar-refractivity contribution in [2.45, 2.75) is 33.1 Å². The molecule has 1 aromatic rings. The number of methoxy groups -OCH3 is 1. The standard InChI is InChI=1S/C15H23NO/c1-10-7-11(2)15(14(8-10)17-4)13-5-6-16-9-12(13)3/h7-8,12-13,16H,5-6,9H2,1-4H3. The molecule has 0 bridgehead atoms. The van der Waals surface area contributed by atoms with Crippen LogP contribution in [-0.2, 0) is 0 Å². The predicted molar refractivity (Wildman–Crippen MR) is 71.9 cm³/mol. The number of hydrogen-bond donors (Lipinski definition) is 1. The molecule has 1 heterocycles. The van der Waals surface area contributed by atoms with Gasteiger partial charge in [-0.25, -0.2) is 0 Å². The van der Waals surface area contributed by atoms with Crippen LogP contribution in [-0.4, -0.2) is 20.2 Å². The first-order valence-corrected chi connectivity index (χ1v) is 6.49. The molecule has 2 heteroatoms. The molecule has 1 N–H and O–H groups in total. The molecule has 0 aromatic heterocycles. The van der Waals surface area contributed by atoms with Gasteiger partial charge in [0.25, 0.3) is 0 Å². The predicted octanol–water partition coefficient (Wildman–Crippen LogP) is 3.03. The number of aryl methyl sites for hydroxylation is 2. The lowest BCUT2D eigenvalue weighted by molar-refractivity contribution is 0.333. The van der Waals surface area contributed by atoms with Gasteiger partial charge >= 0.3 is 0 Å². The van der Waals surface area contributed by atoms with Crippen molar-refractivity contribution in [3.8, 4) is 5.75 Å². The van der Waals surface area contributed by atoms with E-state index in [4.69, 9.17) is 4.74 Å². The molecule has 0 amide bonds. The summed E-state index contributed by atoms with van der Waals surface area (Å²) in [7, 11) is 1.78. The summed E-state index contributed by atoms with van der Waals surface area (Å²) < 4.78 is 5.59. The minimum atomic E-state index is 0.631. The Kier molecular flexibility index (Phi) is 3.72. The minimum Gasteiger partial charge on any atom is -0.496 e. The molecule has 0 spiro atoms. The van der Waals surface area contributed by atoms with Gasteiger partial charge in [-0.2, -0.15) is 0 Å². The van der Waals surface area contributed by atoms with E-state index in [2.05, 4.69) is 38.2 Å². The van der Waals surface area contributed by atoms with E-state index in [0.717, 1.165) is 18.8 Å². The van der Waals surface area contributed by atoms with Crippen molar-refractivity contribution in [2.24, 2.45) is 5.92 Å². The molecular weight excluding hydrogens is 210 g/mol. The molecule has 2 atom stereocenters. The second-order valence-corrected chi connectivity index (χ2v) is 5.27. The van der Waals surface area contributed by atoms with E-state index in [9.17, 15) is 0 Å². The SMILES string of the molecule is COc1cc(C)cc(C)c1C1CCNCC1C. The summed E-state index contributed by atoms with van der Waals surface area (Å²) in [4.78, 5) is 0. The van der Waals surface area contributed by atoms with Crippen molar-refractivity contribution in [1.82, 2.24) is 5.32 Å². The summed E-state index contributed by atoms with van der Waals surface area (Å²) in [6, 6.07) is 4.43. The Balaban J connectivity index is 2.42. The lowest BCUT2D eigenvalue weighted by atomic mass is 9.79. The number of rotatable bonds is 2. The van der Waals surface area contributed by atoms with Crippen LogP contribution in [0.3, 0.4) is 0 Å². The Morgan fingerprint density at radius 1 is 1.29 bits per heavy atom. The first kappa shape index (κ1) is 12.4. The van der Waals surface area contributed by atoms with Crippen molar-refractivity contribution in [2.75, 3.05) is 20.2 Å². The van der Waals surface area contributed by atoms with Gasteiger partial charge in [-0.3, -0.25) is 0 Å². The van der Waals surface area contributed by atoms with E-state index >= 15 is 0 Å². The van der Waals surface area contributed by atoms with Gasteiger partial charge in [0.05, 0.1) is 7.11 Å². The first-order chi connectivity index (χ1) is 8.13. The van der Waals surface area contributed by atoms with Gasteiger partial charge in [0, 0.05) is 5.56 Å². The van der Waals surface area contributed by atoms with Crippen LogP contribution in [0.4, 0.5) is 0 Å². The average Bonchev–Trinajstić information content (AvgIpc) is 2.29. The summed E-state index contributed by atoms with van der Waals surface area (Å²) in [6.07, 6.45) is 1.21. The van der Waals surface area contributed by atoms with Crippen molar-refractivity contribution in [1.29, 1.82) is 0 Å². The zero-order valence-corrected chi connectivity index (χ0v) is 11.3. The Hall–Kier alpha value is -1.02. The molecule has 1 aromatic carbocycles. The molecule has 1 aliphatic rings. The van der Waals surface area contributed by atoms with Crippen LogP contribution in [0.25, 0.3) is 0 Å². The lowest BCUT2D eigenvalue weighted by Gasteiger charge is -2.32. The monoisotopic (exact) mass is 233 g/mol. The lowest BCUT2D eigenvalue weighted by Crippen LogP contribution is -2.34. The van der Waals surface area contributed by atoms with E-state index in [1.165, 1.54) is 23.1 Å². The van der Waals surface area contributed by atoms with Crippen molar-refractivity contribution < 1.29 is 4.74 Å². The summed E-state index contributed by atoms with van der Waals surface area (Å²) in [5.74, 6) is 2.38. The van der Waals surface area contributed by atoms with E-state index in [1.54, 1.807) is 7.11 Å². The van der Waals surface area contributed by atoms with E-state index < -0.39 is 0 Å². The molecule has 0 radical (unpaired) electrons. The normalized spacial score (nSPS) is 24.7. The maximum absolute atomic E-state index is 5.59. The molecule has 2 nitrogen and oxygen atoms in total. The Morgan fingerprint density at radius 3 is 2.71 bits per heavy atom. The molecule has 1 fully saturated rings. The van der Waals surface area contributed by atoms with Gasteiger partial charge in [-0.1, -0.05) is 13.0 Å². The summed E-state index contributed by atoms with van der Waals surface area (Å²) >= 11 is 0. The largest absolute Gasteiger partial charge is 0.496 e. The van der Waals surface area contributed by atoms with Gasteiger partial charge < -0.3 is 10.1 Å². The Bertz CT molecular complexity index is 400. The van der Waals surface area contributed by atoms with Crippen molar-refractivity contribution in [3.05, 3.63) is 28.8 Å². The number of ether oxygens (including phenoxy) is 1. The van der Waals surface area contributed by atoms with Gasteiger partial charge in [0.15, 0.2) is 0 Å². The quantitative estimate of drug-likeness (QED) is 0.848. The zero-order valence-electron chi connectivity index (χ0n) is 11.3. The van der Waals surface area contributed by atoms with Crippen LogP contribution in [0.5, 0.6) is 5.75 Å². The van der Waals surface area contributed by atoms with Crippen LogP contribution >= 0.6 is 0 Å². The first-order valence-electron chi connectivity index (χ1n) is 6.49. The number of nitrogens with one attached hydrogen (secondary N) is 1. The fraction of sp³-hybridized carbons (Fsp3) is 0.600. The number of hydrogen-bond acceptors (Lipinski definition) is 2. The molecular formula is C15H23NO. The van der Waals surface area contributed by atoms with Gasteiger partial charge in [0.1, 0.15) is 5.75 Å². The molecule has 2 unspecified atom stereocenters. The molecule has 0 aliphatic carbocycles. The van der Waals surface area contributed by atoms with E-state index in [-0.39, 0.29) is 0 Å². The molecule has 0 saturated carbocycles. The third kappa shape index (κ3) is 2.47. The van der Waals surface area contributed by atoms with E-state index in [1.807, 2.05) is 0 Å². The third-order valence-electron chi connectivity index (χ3n) is 3.87. The number of piperidine rings is 1. The second kappa shape index (κ2) is 5.09. The van der Waals surface area contributed by atoms with Crippen LogP contribution < -0.4 is 10.1 Å². The van der Waals surface area contributed by atoms with Crippen molar-refractivity contribution in [3.63, 3.8) is 0 Å². The van der Waals surface area contributed by atoms with Crippen LogP contribution in [0.15, 0.2) is 12.1 Å². The molecule has 94 valence electrons. The highest BCUT2D eigenvalue weighted by Crippen LogP contribution is 2.38. The number of benzene rings is 1. The maximum Gasteiger partial charge on any atom is 0.122 e. The molecule has 2 rings (SSSR count). The summed E-state index contributed by atoms with van der Waals surface area (Å²) in [6.45, 7) is 8.90. The smallest absolute Gasteiger partial charge is 0.122 e. The topological polar surface area (TPSA) is 21.3 Å². The third-order valence-corrected chi connectivity index (χ3v) is 3.87. The van der Waals surface area contributed by atoms with Crippen LogP contribution in [0, 0.1) is 19.8 Å². The highest BCUT2D eigenvalue weighted by Gasteiger charge is 2.26. The summed E-state index contributed by atoms with van der Waals surface area (Å²) in [5, 5.41) is 3.46. The Morgan fingerprint density at radius 2 is 2.06 bits per heavy atom. The zero-order chi connectivity index (χ0) is 12.4. The average molecular weight is 233 g/mol. The fourth-order valence-corrected chi connectivity index (χ4v) is 3.03. The van der Waals surface area contributed by atoms with E-state index in [0.29, 0.717) is 11.8 Å². The highest BCUT2D eigenvalue weighted by molar-refractivity contribution is 5.45. The van der Waals surface area contributed by atoms with Crippen molar-refractivity contribution >= 4 is 0 Å². The maximum atomic E-state index is 5.59. The van der Waals surface area contributed by atoms with Gasteiger partial charge in [-0.15, -0.1) is 0 Å². The molecule has 1 saturated heterocycles. The van der Waals surface area contributed by atoms with Gasteiger partial charge in [0.2, 0.25) is 0 Å². The molecule has 17 heavy (non-hydrogen) atoms. The Labute approximate surface area is 104 Å². The highest BCUT2D eigenvalue weighted by atomic mass is 16.5. The van der Waals surface area contributed by atoms with Crippen LogP contribution in [0.1, 0.15) is 36.0 Å². The minimum absolute atomic E-state index is 0.631. The second-order valence-electron chi connectivity index (χ2n) is 5.27. The van der Waals surface area contributed by atoms with Crippen LogP contribution in [0.2, 0.25) is 0 Å². The fourth-order valence-electron chi connectivity index (χ4n) is 3.03.